The molecule has 0 unspecified atom stereocenters. The molecule has 2 N–H and O–H groups in total. The molecule has 0 amide bonds. The molecule has 1 saturated carbocycles. The third kappa shape index (κ3) is 4.88. The van der Waals surface area contributed by atoms with E-state index in [0.717, 1.165) is 13.2 Å². The van der Waals surface area contributed by atoms with E-state index >= 15 is 0 Å². The lowest BCUT2D eigenvalue weighted by atomic mass is 10.3. The van der Waals surface area contributed by atoms with Crippen molar-refractivity contribution < 1.29 is 0 Å². The molecule has 0 aromatic heterocycles. The highest BCUT2D eigenvalue weighted by atomic mass is 15.3. The van der Waals surface area contributed by atoms with Gasteiger partial charge in [0.2, 0.25) is 0 Å². The predicted molar refractivity (Wildman–Crippen MR) is 65.1 cm³/mol. The minimum atomic E-state index is 0.546. The van der Waals surface area contributed by atoms with E-state index in [1.165, 1.54) is 25.7 Å². The van der Waals surface area contributed by atoms with Crippen molar-refractivity contribution in [2.75, 3.05) is 20.3 Å². The highest BCUT2D eigenvalue weighted by Crippen LogP contribution is 2.14. The van der Waals surface area contributed by atoms with Gasteiger partial charge in [0, 0.05) is 32.0 Å². The zero-order valence-electron chi connectivity index (χ0n) is 9.73. The lowest BCUT2D eigenvalue weighted by molar-refractivity contribution is 0.318. The molecule has 0 spiro atoms. The van der Waals surface area contributed by atoms with Gasteiger partial charge in [0.25, 0.3) is 0 Å². The van der Waals surface area contributed by atoms with Crippen molar-refractivity contribution in [2.45, 2.75) is 31.7 Å². The SMILES string of the molecule is C=CCN1C=CN(C)C1.NC1CCCC1. The summed E-state index contributed by atoms with van der Waals surface area (Å²) in [5.74, 6) is 0. The van der Waals surface area contributed by atoms with E-state index in [1.807, 2.05) is 6.08 Å². The summed E-state index contributed by atoms with van der Waals surface area (Å²) < 4.78 is 0. The fourth-order valence-corrected chi connectivity index (χ4v) is 1.83. The van der Waals surface area contributed by atoms with E-state index < -0.39 is 0 Å². The molecule has 0 bridgehead atoms. The molecule has 3 heteroatoms. The molecule has 15 heavy (non-hydrogen) atoms. The van der Waals surface area contributed by atoms with Crippen LogP contribution in [0.15, 0.2) is 25.1 Å². The Labute approximate surface area is 93.2 Å². The van der Waals surface area contributed by atoms with Gasteiger partial charge in [-0.05, 0) is 12.8 Å². The van der Waals surface area contributed by atoms with Gasteiger partial charge >= 0.3 is 0 Å². The molecule has 3 nitrogen and oxygen atoms in total. The van der Waals surface area contributed by atoms with Gasteiger partial charge in [0.1, 0.15) is 0 Å². The summed E-state index contributed by atoms with van der Waals surface area (Å²) in [6, 6.07) is 0.546. The number of rotatable bonds is 2. The Bertz CT molecular complexity index is 207. The molecule has 1 aliphatic carbocycles. The standard InChI is InChI=1S/C7H12N2.C5H11N/c1-3-4-9-6-5-8(2)7-9;6-5-3-1-2-4-5/h3,5-6H,1,4,7H2,2H3;5H,1-4,6H2. The maximum Gasteiger partial charge on any atom is 0.0894 e. The maximum absolute atomic E-state index is 5.53. The van der Waals surface area contributed by atoms with Crippen molar-refractivity contribution in [3.05, 3.63) is 25.1 Å². The number of hydrogen-bond acceptors (Lipinski definition) is 3. The van der Waals surface area contributed by atoms with Gasteiger partial charge in [0.05, 0.1) is 6.67 Å². The van der Waals surface area contributed by atoms with Crippen molar-refractivity contribution in [1.29, 1.82) is 0 Å². The van der Waals surface area contributed by atoms with Crippen LogP contribution in [0.5, 0.6) is 0 Å². The molecule has 0 radical (unpaired) electrons. The smallest absolute Gasteiger partial charge is 0.0894 e. The molecule has 1 fully saturated rings. The molecular formula is C12H23N3. The first kappa shape index (κ1) is 12.1. The molecule has 1 aliphatic heterocycles. The van der Waals surface area contributed by atoms with Crippen LogP contribution in [-0.2, 0) is 0 Å². The summed E-state index contributed by atoms with van der Waals surface area (Å²) in [4.78, 5) is 4.32. The van der Waals surface area contributed by atoms with Crippen LogP contribution in [0.2, 0.25) is 0 Å². The summed E-state index contributed by atoms with van der Waals surface area (Å²) in [7, 11) is 2.06. The van der Waals surface area contributed by atoms with E-state index in [-0.39, 0.29) is 0 Å². The Morgan fingerprint density at radius 2 is 2.07 bits per heavy atom. The lowest BCUT2D eigenvalue weighted by Crippen LogP contribution is -2.21. The van der Waals surface area contributed by atoms with Gasteiger partial charge in [-0.1, -0.05) is 18.9 Å². The van der Waals surface area contributed by atoms with Crippen LogP contribution in [0.4, 0.5) is 0 Å². The van der Waals surface area contributed by atoms with Crippen molar-refractivity contribution in [3.8, 4) is 0 Å². The second-order valence-corrected chi connectivity index (χ2v) is 4.30. The largest absolute Gasteiger partial charge is 0.362 e. The minimum absolute atomic E-state index is 0.546. The highest BCUT2D eigenvalue weighted by Gasteiger charge is 2.07. The van der Waals surface area contributed by atoms with Crippen molar-refractivity contribution in [3.63, 3.8) is 0 Å². The van der Waals surface area contributed by atoms with Gasteiger partial charge in [-0.25, -0.2) is 0 Å². The van der Waals surface area contributed by atoms with Gasteiger partial charge in [-0.2, -0.15) is 0 Å². The fraction of sp³-hybridized carbons (Fsp3) is 0.667. The van der Waals surface area contributed by atoms with Crippen molar-refractivity contribution >= 4 is 0 Å². The minimum Gasteiger partial charge on any atom is -0.362 e. The average molecular weight is 209 g/mol. The molecule has 86 valence electrons. The first-order valence-electron chi connectivity index (χ1n) is 5.71. The fourth-order valence-electron chi connectivity index (χ4n) is 1.83. The summed E-state index contributed by atoms with van der Waals surface area (Å²) in [6.07, 6.45) is 11.3. The van der Waals surface area contributed by atoms with Crippen LogP contribution in [0.1, 0.15) is 25.7 Å². The maximum atomic E-state index is 5.53. The van der Waals surface area contributed by atoms with Crippen LogP contribution in [0.25, 0.3) is 0 Å². The Balaban J connectivity index is 0.000000162. The van der Waals surface area contributed by atoms with Gasteiger partial charge < -0.3 is 15.5 Å². The molecule has 2 aliphatic rings. The Kier molecular flexibility index (Phi) is 5.26. The van der Waals surface area contributed by atoms with E-state index in [4.69, 9.17) is 5.73 Å². The Morgan fingerprint density at radius 1 is 1.40 bits per heavy atom. The highest BCUT2D eigenvalue weighted by molar-refractivity contribution is 4.91. The average Bonchev–Trinajstić information content (AvgIpc) is 2.80. The molecule has 2 rings (SSSR count). The van der Waals surface area contributed by atoms with Gasteiger partial charge in [-0.3, -0.25) is 0 Å². The topological polar surface area (TPSA) is 32.5 Å². The molecule has 0 aromatic carbocycles. The number of nitrogens with two attached hydrogens (primary N) is 1. The van der Waals surface area contributed by atoms with Crippen LogP contribution >= 0.6 is 0 Å². The second-order valence-electron chi connectivity index (χ2n) is 4.30. The molecule has 0 atom stereocenters. The summed E-state index contributed by atoms with van der Waals surface area (Å²) in [5.41, 5.74) is 5.53. The zero-order valence-corrected chi connectivity index (χ0v) is 9.73. The molecule has 0 aromatic rings. The Hall–Kier alpha value is -0.960. The van der Waals surface area contributed by atoms with Crippen molar-refractivity contribution in [2.24, 2.45) is 5.73 Å². The summed E-state index contributed by atoms with van der Waals surface area (Å²) in [5, 5.41) is 0. The second kappa shape index (κ2) is 6.51. The van der Waals surface area contributed by atoms with E-state index in [0.29, 0.717) is 6.04 Å². The quantitative estimate of drug-likeness (QED) is 0.703. The van der Waals surface area contributed by atoms with Crippen LogP contribution in [0.3, 0.4) is 0 Å². The number of hydrogen-bond donors (Lipinski definition) is 1. The lowest BCUT2D eigenvalue weighted by Gasteiger charge is -2.15. The molecule has 0 saturated heterocycles. The third-order valence-corrected chi connectivity index (χ3v) is 2.70. The summed E-state index contributed by atoms with van der Waals surface area (Å²) in [6.45, 7) is 5.59. The first-order valence-corrected chi connectivity index (χ1v) is 5.71. The van der Waals surface area contributed by atoms with Crippen LogP contribution < -0.4 is 5.73 Å². The number of nitrogens with zero attached hydrogens (tertiary/aromatic N) is 2. The van der Waals surface area contributed by atoms with Crippen LogP contribution in [0, 0.1) is 0 Å². The monoisotopic (exact) mass is 209 g/mol. The normalized spacial score (nSPS) is 20.4. The Morgan fingerprint density at radius 3 is 2.40 bits per heavy atom. The van der Waals surface area contributed by atoms with Gasteiger partial charge in [-0.15, -0.1) is 6.58 Å². The van der Waals surface area contributed by atoms with E-state index in [1.54, 1.807) is 0 Å². The zero-order chi connectivity index (χ0) is 11.1. The predicted octanol–water partition coefficient (Wildman–Crippen LogP) is 1.74. The van der Waals surface area contributed by atoms with Gasteiger partial charge in [0.15, 0.2) is 0 Å². The summed E-state index contributed by atoms with van der Waals surface area (Å²) >= 11 is 0. The van der Waals surface area contributed by atoms with Crippen molar-refractivity contribution in [1.82, 2.24) is 9.80 Å². The van der Waals surface area contributed by atoms with E-state index in [2.05, 4.69) is 35.8 Å². The first-order chi connectivity index (χ1) is 7.22. The molecular weight excluding hydrogens is 186 g/mol. The van der Waals surface area contributed by atoms with Crippen LogP contribution in [-0.4, -0.2) is 36.1 Å². The molecule has 1 heterocycles. The van der Waals surface area contributed by atoms with E-state index in [9.17, 15) is 0 Å². The third-order valence-electron chi connectivity index (χ3n) is 2.70.